The van der Waals surface area contributed by atoms with Gasteiger partial charge in [-0.25, -0.2) is 4.98 Å². The second kappa shape index (κ2) is 5.98. The van der Waals surface area contributed by atoms with E-state index >= 15 is 0 Å². The van der Waals surface area contributed by atoms with E-state index in [0.29, 0.717) is 28.7 Å². The van der Waals surface area contributed by atoms with E-state index in [1.54, 1.807) is 6.07 Å². The van der Waals surface area contributed by atoms with Crippen molar-refractivity contribution in [2.24, 2.45) is 0 Å². The minimum atomic E-state index is -0.988. The van der Waals surface area contributed by atoms with Crippen LogP contribution in [0.5, 0.6) is 11.5 Å². The van der Waals surface area contributed by atoms with E-state index in [9.17, 15) is 5.11 Å². The molecule has 1 unspecified atom stereocenters. The number of aryl methyl sites for hydroxylation is 1. The predicted octanol–water partition coefficient (Wildman–Crippen LogP) is 2.79. The zero-order valence-electron chi connectivity index (χ0n) is 13.2. The van der Waals surface area contributed by atoms with Crippen LogP contribution < -0.4 is 9.47 Å². The van der Waals surface area contributed by atoms with Gasteiger partial charge in [0.25, 0.3) is 0 Å². The zero-order chi connectivity index (χ0) is 16.5. The number of aromatic amines is 1. The van der Waals surface area contributed by atoms with Crippen molar-refractivity contribution in [3.63, 3.8) is 0 Å². The number of hydrogen-bond acceptors (Lipinski definition) is 5. The molecule has 24 heavy (non-hydrogen) atoms. The van der Waals surface area contributed by atoms with E-state index in [0.717, 1.165) is 12.0 Å². The highest BCUT2D eigenvalue weighted by Gasteiger charge is 2.24. The maximum atomic E-state index is 9.68. The first-order valence-electron chi connectivity index (χ1n) is 7.88. The third kappa shape index (κ3) is 2.51. The number of nitrogens with zero attached hydrogens (tertiary/aromatic N) is 2. The fourth-order valence-electron chi connectivity index (χ4n) is 2.82. The van der Waals surface area contributed by atoms with Crippen LogP contribution in [0.2, 0.25) is 0 Å². The summed E-state index contributed by atoms with van der Waals surface area (Å²) in [5, 5.41) is 17.0. The number of benzene rings is 2. The lowest BCUT2D eigenvalue weighted by Gasteiger charge is -2.24. The molecule has 2 N–H and O–H groups in total. The van der Waals surface area contributed by atoms with Gasteiger partial charge in [-0.1, -0.05) is 37.3 Å². The summed E-state index contributed by atoms with van der Waals surface area (Å²) in [7, 11) is 0. The molecule has 0 radical (unpaired) electrons. The Balaban J connectivity index is 1.76. The first-order chi connectivity index (χ1) is 11.8. The molecule has 6 nitrogen and oxygen atoms in total. The molecule has 1 aliphatic rings. The predicted molar refractivity (Wildman–Crippen MR) is 88.8 cm³/mol. The highest BCUT2D eigenvalue weighted by atomic mass is 16.7. The number of para-hydroxylation sites is 1. The van der Waals surface area contributed by atoms with Crippen molar-refractivity contribution in [1.29, 1.82) is 0 Å². The topological polar surface area (TPSA) is 80.3 Å². The summed E-state index contributed by atoms with van der Waals surface area (Å²) in [5.41, 5.74) is 2.91. The first kappa shape index (κ1) is 14.7. The Labute approximate surface area is 139 Å². The number of ether oxygens (including phenoxy) is 2. The Bertz CT molecular complexity index is 875. The van der Waals surface area contributed by atoms with Gasteiger partial charge in [-0.3, -0.25) is 5.10 Å². The largest absolute Gasteiger partial charge is 0.483 e. The van der Waals surface area contributed by atoms with Gasteiger partial charge in [-0.05, 0) is 24.1 Å². The Morgan fingerprint density at radius 2 is 2.00 bits per heavy atom. The van der Waals surface area contributed by atoms with Crippen LogP contribution in [0.25, 0.3) is 22.8 Å². The minimum Gasteiger partial charge on any atom is -0.483 e. The number of rotatable bonds is 3. The third-order valence-corrected chi connectivity index (χ3v) is 3.99. The van der Waals surface area contributed by atoms with E-state index in [2.05, 4.69) is 28.2 Å². The highest BCUT2D eigenvalue weighted by Crippen LogP contribution is 2.39. The number of H-pyrrole nitrogens is 1. The van der Waals surface area contributed by atoms with Gasteiger partial charge in [0.15, 0.2) is 29.8 Å². The summed E-state index contributed by atoms with van der Waals surface area (Å²) in [6.07, 6.45) is -0.0753. The van der Waals surface area contributed by atoms with Gasteiger partial charge in [-0.15, -0.1) is 0 Å². The summed E-state index contributed by atoms with van der Waals surface area (Å²) in [6, 6.07) is 13.6. The van der Waals surface area contributed by atoms with E-state index < -0.39 is 6.29 Å². The smallest absolute Gasteiger partial charge is 0.232 e. The summed E-state index contributed by atoms with van der Waals surface area (Å²) in [5.74, 6) is 2.26. The van der Waals surface area contributed by atoms with Crippen LogP contribution in [-0.2, 0) is 6.42 Å². The molecule has 1 aromatic heterocycles. The number of aromatic nitrogens is 3. The molecule has 0 aliphatic carbocycles. The van der Waals surface area contributed by atoms with Crippen LogP contribution in [0.3, 0.4) is 0 Å². The van der Waals surface area contributed by atoms with E-state index in [4.69, 9.17) is 9.47 Å². The maximum absolute atomic E-state index is 9.68. The lowest BCUT2D eigenvalue weighted by atomic mass is 10.1. The maximum Gasteiger partial charge on any atom is 0.232 e. The van der Waals surface area contributed by atoms with Crippen LogP contribution in [-0.4, -0.2) is 33.2 Å². The molecule has 0 spiro atoms. The van der Waals surface area contributed by atoms with Gasteiger partial charge in [0, 0.05) is 5.56 Å². The molecule has 122 valence electrons. The summed E-state index contributed by atoms with van der Waals surface area (Å²) in [6.45, 7) is 2.22. The molecule has 3 aromatic rings. The van der Waals surface area contributed by atoms with E-state index in [-0.39, 0.29) is 6.61 Å². The summed E-state index contributed by atoms with van der Waals surface area (Å²) in [4.78, 5) is 4.61. The van der Waals surface area contributed by atoms with E-state index in [1.165, 1.54) is 5.56 Å². The standard InChI is InChI=1S/C18H17N3O3/c1-2-11-6-3-4-7-12(11)17-19-18(21-20-17)13-8-5-9-14-16(13)24-15(22)10-23-14/h3-9,15,22H,2,10H2,1H3,(H,19,20,21). The third-order valence-electron chi connectivity index (χ3n) is 3.99. The van der Waals surface area contributed by atoms with Crippen LogP contribution in [0.15, 0.2) is 42.5 Å². The quantitative estimate of drug-likeness (QED) is 0.775. The Morgan fingerprint density at radius 3 is 2.88 bits per heavy atom. The van der Waals surface area contributed by atoms with Crippen molar-refractivity contribution >= 4 is 0 Å². The molecule has 1 atom stereocenters. The molecule has 4 rings (SSSR count). The monoisotopic (exact) mass is 323 g/mol. The van der Waals surface area contributed by atoms with Gasteiger partial charge in [0.1, 0.15) is 0 Å². The highest BCUT2D eigenvalue weighted by molar-refractivity contribution is 5.71. The number of fused-ring (bicyclic) bond motifs is 1. The van der Waals surface area contributed by atoms with Crippen LogP contribution >= 0.6 is 0 Å². The molecule has 0 saturated heterocycles. The van der Waals surface area contributed by atoms with Gasteiger partial charge in [0.2, 0.25) is 6.29 Å². The number of nitrogens with one attached hydrogen (secondary N) is 1. The van der Waals surface area contributed by atoms with Gasteiger partial charge in [0.05, 0.1) is 5.56 Å². The molecule has 0 saturated carbocycles. The van der Waals surface area contributed by atoms with Crippen molar-refractivity contribution in [2.75, 3.05) is 6.61 Å². The second-order valence-electron chi connectivity index (χ2n) is 5.53. The summed E-state index contributed by atoms with van der Waals surface area (Å²) >= 11 is 0. The molecule has 0 amide bonds. The average molecular weight is 323 g/mol. The molecule has 0 fully saturated rings. The van der Waals surface area contributed by atoms with Crippen LogP contribution in [0.1, 0.15) is 12.5 Å². The van der Waals surface area contributed by atoms with Crippen molar-refractivity contribution in [1.82, 2.24) is 15.2 Å². The lowest BCUT2D eigenvalue weighted by Crippen LogP contribution is -2.28. The lowest BCUT2D eigenvalue weighted by molar-refractivity contribution is -0.0665. The fraction of sp³-hybridized carbons (Fsp3) is 0.222. The van der Waals surface area contributed by atoms with E-state index in [1.807, 2.05) is 30.3 Å². The van der Waals surface area contributed by atoms with Gasteiger partial charge < -0.3 is 14.6 Å². The van der Waals surface area contributed by atoms with Crippen molar-refractivity contribution in [2.45, 2.75) is 19.6 Å². The molecule has 2 aromatic carbocycles. The molecule has 1 aliphatic heterocycles. The Kier molecular flexibility index (Phi) is 3.66. The molecular formula is C18H17N3O3. The molecule has 0 bridgehead atoms. The second-order valence-corrected chi connectivity index (χ2v) is 5.53. The Hall–Kier alpha value is -2.86. The molecular weight excluding hydrogens is 306 g/mol. The van der Waals surface area contributed by atoms with Crippen molar-refractivity contribution in [3.05, 3.63) is 48.0 Å². The first-order valence-corrected chi connectivity index (χ1v) is 7.88. The van der Waals surface area contributed by atoms with Gasteiger partial charge in [-0.2, -0.15) is 5.10 Å². The fourth-order valence-corrected chi connectivity index (χ4v) is 2.82. The zero-order valence-corrected chi connectivity index (χ0v) is 13.2. The normalized spacial score (nSPS) is 16.2. The average Bonchev–Trinajstić information content (AvgIpc) is 3.10. The minimum absolute atomic E-state index is 0.111. The number of aliphatic hydroxyl groups is 1. The Morgan fingerprint density at radius 1 is 1.17 bits per heavy atom. The number of hydrogen-bond donors (Lipinski definition) is 2. The van der Waals surface area contributed by atoms with Crippen molar-refractivity contribution in [3.8, 4) is 34.3 Å². The van der Waals surface area contributed by atoms with Crippen molar-refractivity contribution < 1.29 is 14.6 Å². The summed E-state index contributed by atoms with van der Waals surface area (Å²) < 4.78 is 11.0. The molecule has 2 heterocycles. The molecule has 6 heteroatoms. The van der Waals surface area contributed by atoms with Crippen LogP contribution in [0.4, 0.5) is 0 Å². The number of aliphatic hydroxyl groups excluding tert-OH is 1. The SMILES string of the molecule is CCc1ccccc1-c1nc(-c2cccc3c2OC(O)CO3)n[nH]1. The van der Waals surface area contributed by atoms with Crippen LogP contribution in [0, 0.1) is 0 Å². The van der Waals surface area contributed by atoms with Gasteiger partial charge >= 0.3 is 0 Å².